The van der Waals surface area contributed by atoms with E-state index in [4.69, 9.17) is 21.6 Å². The lowest BCUT2D eigenvalue weighted by Gasteiger charge is -2.52. The summed E-state index contributed by atoms with van der Waals surface area (Å²) in [6.07, 6.45) is 4.04. The van der Waals surface area contributed by atoms with Crippen molar-refractivity contribution in [1.29, 1.82) is 0 Å². The van der Waals surface area contributed by atoms with Crippen LogP contribution in [0.4, 0.5) is 34.4 Å². The van der Waals surface area contributed by atoms with Crippen molar-refractivity contribution in [2.24, 2.45) is 11.0 Å². The zero-order chi connectivity index (χ0) is 32.5. The van der Waals surface area contributed by atoms with E-state index < -0.39 is 0 Å². The summed E-state index contributed by atoms with van der Waals surface area (Å²) in [5, 5.41) is 7.87. The van der Waals surface area contributed by atoms with E-state index >= 15 is 0 Å². The van der Waals surface area contributed by atoms with Gasteiger partial charge in [0, 0.05) is 52.4 Å². The Morgan fingerprint density at radius 1 is 0.551 bits per heavy atom. The van der Waals surface area contributed by atoms with E-state index in [0.29, 0.717) is 0 Å². The molecule has 0 aliphatic carbocycles. The highest BCUT2D eigenvalue weighted by atomic mass is 15.6. The minimum absolute atomic E-state index is 0.0265. The third kappa shape index (κ3) is 4.12. The quantitative estimate of drug-likeness (QED) is 0.194. The third-order valence-electron chi connectivity index (χ3n) is 10.4. The largest absolute Gasteiger partial charge is 0.301 e. The van der Waals surface area contributed by atoms with E-state index in [1.807, 2.05) is 12.4 Å². The van der Waals surface area contributed by atoms with Gasteiger partial charge in [-0.3, -0.25) is 0 Å². The first-order chi connectivity index (χ1) is 24.3. The molecule has 0 fully saturated rings. The molecule has 0 saturated carbocycles. The van der Waals surface area contributed by atoms with Crippen LogP contribution in [0.1, 0.15) is 29.0 Å². The standard InChI is InChI=1S/C42H33N7/c1-28-27-34-33-22-12-13-23-35(33)48-40-39(43-25-26-44-40)47(31-19-9-4-10-20-31)41(48)37(34)42-46(30-17-7-3-8-18-30)38(29-15-5-2-6-16-29)45-49(42)36-24-14-11-21-32(28)36/h2-26,34,37,41-42H,1,27H2. The number of hydrogen-bond acceptors (Lipinski definition) is 7. The van der Waals surface area contributed by atoms with Crippen molar-refractivity contribution in [2.75, 3.05) is 19.7 Å². The van der Waals surface area contributed by atoms with E-state index in [2.05, 4.69) is 159 Å². The van der Waals surface area contributed by atoms with Crippen LogP contribution in [0.5, 0.6) is 0 Å². The van der Waals surface area contributed by atoms with Gasteiger partial charge in [-0.25, -0.2) is 15.0 Å². The van der Waals surface area contributed by atoms with Gasteiger partial charge in [0.2, 0.25) is 0 Å². The van der Waals surface area contributed by atoms with E-state index in [0.717, 1.165) is 63.3 Å². The Morgan fingerprint density at radius 2 is 1.12 bits per heavy atom. The second kappa shape index (κ2) is 10.9. The van der Waals surface area contributed by atoms with Gasteiger partial charge in [-0.15, -0.1) is 0 Å². The second-order valence-corrected chi connectivity index (χ2v) is 13.0. The summed E-state index contributed by atoms with van der Waals surface area (Å²) in [5.41, 5.74) is 9.00. The number of hydrazone groups is 1. The predicted molar refractivity (Wildman–Crippen MR) is 197 cm³/mol. The number of fused-ring (bicyclic) bond motifs is 12. The van der Waals surface area contributed by atoms with Gasteiger partial charge in [0.05, 0.1) is 5.69 Å². The van der Waals surface area contributed by atoms with E-state index in [1.54, 1.807) is 0 Å². The van der Waals surface area contributed by atoms with Crippen LogP contribution in [-0.4, -0.2) is 28.1 Å². The monoisotopic (exact) mass is 635 g/mol. The molecular weight excluding hydrogens is 603 g/mol. The lowest BCUT2D eigenvalue weighted by Crippen LogP contribution is -2.61. The predicted octanol–water partition coefficient (Wildman–Crippen LogP) is 8.94. The van der Waals surface area contributed by atoms with Crippen molar-refractivity contribution >= 4 is 45.8 Å². The number of benzene rings is 5. The SMILES string of the molecule is C=C1CC2c3ccccc3N3c4nccnc4N(c4ccccc4)C3C2C2N(N=C(c3ccccc3)N2c2ccccc2)c2ccccc21. The van der Waals surface area contributed by atoms with Gasteiger partial charge in [0.1, 0.15) is 12.3 Å². The molecule has 0 spiro atoms. The van der Waals surface area contributed by atoms with E-state index in [9.17, 15) is 0 Å². The lowest BCUT2D eigenvalue weighted by atomic mass is 9.71. The van der Waals surface area contributed by atoms with Crippen LogP contribution in [0.3, 0.4) is 0 Å². The van der Waals surface area contributed by atoms with Gasteiger partial charge < -0.3 is 14.7 Å². The summed E-state index contributed by atoms with van der Waals surface area (Å²) in [6, 6.07) is 49.4. The van der Waals surface area contributed by atoms with Crippen molar-refractivity contribution in [1.82, 2.24) is 9.97 Å². The number of hydrogen-bond donors (Lipinski definition) is 0. The lowest BCUT2D eigenvalue weighted by molar-refractivity contribution is 0.285. The molecule has 6 aromatic rings. The molecule has 4 unspecified atom stereocenters. The molecule has 236 valence electrons. The van der Waals surface area contributed by atoms with Gasteiger partial charge in [-0.05, 0) is 54.0 Å². The molecule has 5 aromatic carbocycles. The average molecular weight is 636 g/mol. The fraction of sp³-hybridized carbons (Fsp3) is 0.119. The normalized spacial score (nSPS) is 21.8. The number of amidine groups is 1. The highest BCUT2D eigenvalue weighted by Crippen LogP contribution is 2.59. The number of allylic oxidation sites excluding steroid dienone is 1. The number of nitrogens with zero attached hydrogens (tertiary/aromatic N) is 7. The topological polar surface area (TPSA) is 51.1 Å². The summed E-state index contributed by atoms with van der Waals surface area (Å²) in [7, 11) is 0. The summed E-state index contributed by atoms with van der Waals surface area (Å²) >= 11 is 0. The molecule has 5 heterocycles. The molecule has 7 heteroatoms. The molecule has 0 radical (unpaired) electrons. The molecular formula is C42H33N7. The van der Waals surface area contributed by atoms with E-state index in [1.165, 1.54) is 5.56 Å². The minimum atomic E-state index is -0.210. The smallest absolute Gasteiger partial charge is 0.178 e. The van der Waals surface area contributed by atoms with Crippen LogP contribution < -0.4 is 19.7 Å². The van der Waals surface area contributed by atoms with Gasteiger partial charge in [0.25, 0.3) is 0 Å². The molecule has 0 N–H and O–H groups in total. The molecule has 0 saturated heterocycles. The van der Waals surface area contributed by atoms with Gasteiger partial charge in [-0.1, -0.05) is 110 Å². The Balaban J connectivity index is 1.29. The Labute approximate surface area is 285 Å². The summed E-state index contributed by atoms with van der Waals surface area (Å²) in [6.45, 7) is 4.75. The maximum Gasteiger partial charge on any atom is 0.178 e. The van der Waals surface area contributed by atoms with Crippen molar-refractivity contribution in [3.05, 3.63) is 175 Å². The third-order valence-corrected chi connectivity index (χ3v) is 10.4. The number of aromatic nitrogens is 2. The molecule has 0 amide bonds. The Hall–Kier alpha value is -6.21. The second-order valence-electron chi connectivity index (χ2n) is 13.0. The van der Waals surface area contributed by atoms with Crippen molar-refractivity contribution in [3.63, 3.8) is 0 Å². The zero-order valence-electron chi connectivity index (χ0n) is 26.8. The fourth-order valence-electron chi connectivity index (χ4n) is 8.51. The zero-order valence-corrected chi connectivity index (χ0v) is 26.8. The Morgan fingerprint density at radius 3 is 1.84 bits per heavy atom. The summed E-state index contributed by atoms with van der Waals surface area (Å²) in [4.78, 5) is 17.4. The maximum absolute atomic E-state index is 5.59. The molecule has 4 aliphatic heterocycles. The van der Waals surface area contributed by atoms with Crippen molar-refractivity contribution < 1.29 is 0 Å². The first-order valence-corrected chi connectivity index (χ1v) is 16.9. The Bertz CT molecular complexity index is 2240. The van der Waals surface area contributed by atoms with Crippen LogP contribution in [0.25, 0.3) is 5.57 Å². The number of anilines is 6. The highest BCUT2D eigenvalue weighted by Gasteiger charge is 2.58. The molecule has 4 atom stereocenters. The summed E-state index contributed by atoms with van der Waals surface area (Å²) in [5.74, 6) is 2.71. The molecule has 1 aromatic heterocycles. The van der Waals surface area contributed by atoms with Crippen LogP contribution >= 0.6 is 0 Å². The molecule has 10 rings (SSSR count). The van der Waals surface area contributed by atoms with Gasteiger partial charge >= 0.3 is 0 Å². The molecule has 49 heavy (non-hydrogen) atoms. The van der Waals surface area contributed by atoms with Crippen LogP contribution in [0.15, 0.2) is 164 Å². The fourth-order valence-corrected chi connectivity index (χ4v) is 8.51. The van der Waals surface area contributed by atoms with Crippen molar-refractivity contribution in [2.45, 2.75) is 24.7 Å². The van der Waals surface area contributed by atoms with Crippen LogP contribution in [-0.2, 0) is 0 Å². The Kier molecular flexibility index (Phi) is 6.21. The molecule has 7 nitrogen and oxygen atoms in total. The van der Waals surface area contributed by atoms with Crippen LogP contribution in [0, 0.1) is 5.92 Å². The molecule has 0 bridgehead atoms. The summed E-state index contributed by atoms with van der Waals surface area (Å²) < 4.78 is 0. The highest BCUT2D eigenvalue weighted by molar-refractivity contribution is 6.13. The van der Waals surface area contributed by atoms with Gasteiger partial charge in [-0.2, -0.15) is 5.10 Å². The number of para-hydroxylation sites is 4. The first kappa shape index (κ1) is 27.9. The number of rotatable bonds is 3. The maximum atomic E-state index is 5.59. The van der Waals surface area contributed by atoms with Gasteiger partial charge in [0.15, 0.2) is 17.5 Å². The average Bonchev–Trinajstić information content (AvgIpc) is 3.72. The minimum Gasteiger partial charge on any atom is -0.301 e. The van der Waals surface area contributed by atoms with E-state index in [-0.39, 0.29) is 24.2 Å². The van der Waals surface area contributed by atoms with Crippen molar-refractivity contribution in [3.8, 4) is 0 Å². The first-order valence-electron chi connectivity index (χ1n) is 16.9. The molecule has 4 aliphatic rings. The van der Waals surface area contributed by atoms with Crippen LogP contribution in [0.2, 0.25) is 0 Å².